The number of carboxylic acids is 9. The molecule has 0 aromatic rings. The Hall–Kier alpha value is -3.77. The predicted octanol–water partition coefficient (Wildman–Crippen LogP) is -3.51. The zero-order valence-electron chi connectivity index (χ0n) is 22.2. The van der Waals surface area contributed by atoms with E-state index in [0.717, 1.165) is 62.3 Å². The van der Waals surface area contributed by atoms with Gasteiger partial charge in [-0.15, -0.1) is 0 Å². The summed E-state index contributed by atoms with van der Waals surface area (Å²) in [6, 6.07) is 0. The van der Waals surface area contributed by atoms with Gasteiger partial charge >= 0.3 is 29.6 Å². The summed E-state index contributed by atoms with van der Waals surface area (Å²) in [5.74, 6) is -7.75. The molecule has 0 bridgehead atoms. The zero-order valence-corrected chi connectivity index (χ0v) is 24.2. The van der Waals surface area contributed by atoms with Crippen LogP contribution in [0.25, 0.3) is 0 Å². The molecule has 0 rings (SSSR count). The molecule has 0 aliphatic carbocycles. The van der Waals surface area contributed by atoms with Crippen LogP contribution < -0.4 is 34.7 Å². The second kappa shape index (κ2) is 58.3. The Morgan fingerprint density at radius 3 is 0.324 bits per heavy atom. The number of hydrogen-bond donors (Lipinski definition) is 8. The van der Waals surface area contributed by atoms with Gasteiger partial charge in [-0.3, -0.25) is 38.4 Å². The summed E-state index contributed by atoms with van der Waals surface area (Å²) < 4.78 is 0. The van der Waals surface area contributed by atoms with Crippen LogP contribution in [0.5, 0.6) is 0 Å². The van der Waals surface area contributed by atoms with E-state index in [0.29, 0.717) is 0 Å². The molecule has 0 saturated heterocycles. The van der Waals surface area contributed by atoms with Gasteiger partial charge in [-0.05, 0) is 6.92 Å². The van der Waals surface area contributed by atoms with Crippen molar-refractivity contribution in [2.75, 3.05) is 0 Å². The molecule has 0 aromatic heterocycles. The van der Waals surface area contributed by atoms with Crippen molar-refractivity contribution in [3.8, 4) is 0 Å². The summed E-state index contributed by atoms with van der Waals surface area (Å²) in [6.07, 6.45) is 0. The first kappa shape index (κ1) is 64.0. The molecular weight excluding hydrogens is 527 g/mol. The maximum Gasteiger partial charge on any atom is 1.00 e. The fourth-order valence-corrected chi connectivity index (χ4v) is 0. The second-order valence-corrected chi connectivity index (χ2v) is 4.64. The molecule has 0 amide bonds. The van der Waals surface area contributed by atoms with E-state index in [1.54, 1.807) is 0 Å². The fourth-order valence-electron chi connectivity index (χ4n) is 0. The second-order valence-electron chi connectivity index (χ2n) is 4.64. The van der Waals surface area contributed by atoms with Crippen molar-refractivity contribution in [1.29, 1.82) is 0 Å². The van der Waals surface area contributed by atoms with Gasteiger partial charge in [0, 0.05) is 61.4 Å². The molecule has 18 nitrogen and oxygen atoms in total. The molecule has 0 radical (unpaired) electrons. The predicted molar refractivity (Wildman–Crippen MR) is 117 cm³/mol. The van der Waals surface area contributed by atoms with Gasteiger partial charge in [0.25, 0.3) is 47.8 Å². The fraction of sp³-hybridized carbons (Fsp3) is 0.500. The summed E-state index contributed by atoms with van der Waals surface area (Å²) in [4.78, 5) is 80.9. The maximum absolute atomic E-state index is 9.00. The normalized spacial score (nSPS) is 6.08. The monoisotopic (exact) mass is 562 g/mol. The smallest absolute Gasteiger partial charge is 0.550 e. The number of aliphatic carboxylic acids is 9. The Balaban J connectivity index is -0.0000000276. The van der Waals surface area contributed by atoms with Gasteiger partial charge in [0.1, 0.15) is 0 Å². The van der Waals surface area contributed by atoms with E-state index in [2.05, 4.69) is 0 Å². The number of carbonyl (C=O) groups excluding carboxylic acids is 1. The van der Waals surface area contributed by atoms with Gasteiger partial charge in [-0.2, -0.15) is 0 Å². The molecule has 0 spiro atoms. The third-order valence-corrected chi connectivity index (χ3v) is 0. The molecule has 0 aromatic carbocycles. The molecule has 8 N–H and O–H groups in total. The minimum atomic E-state index is -1.08. The van der Waals surface area contributed by atoms with E-state index < -0.39 is 53.7 Å². The summed E-state index contributed by atoms with van der Waals surface area (Å²) in [5.41, 5.74) is 0. The van der Waals surface area contributed by atoms with E-state index in [9.17, 15) is 0 Å². The Labute approximate surface area is 234 Å². The standard InChI is InChI=1S/9C2H4O2.Na/c9*1-2(3)4;/h9*1H3,(H,3,4);/q;;;;;;;;;+1/p-1. The number of hydrogen-bond acceptors (Lipinski definition) is 10. The Morgan fingerprint density at radius 1 is 0.324 bits per heavy atom. The zero-order chi connectivity index (χ0) is 32.2. The summed E-state index contributed by atoms with van der Waals surface area (Å²) >= 11 is 0. The van der Waals surface area contributed by atoms with Gasteiger partial charge < -0.3 is 50.8 Å². The summed E-state index contributed by atoms with van der Waals surface area (Å²) in [6.45, 7) is 9.64. The van der Waals surface area contributed by atoms with Crippen LogP contribution in [0.15, 0.2) is 0 Å². The van der Waals surface area contributed by atoms with E-state index in [-0.39, 0.29) is 29.6 Å². The van der Waals surface area contributed by atoms with Crippen molar-refractivity contribution in [2.45, 2.75) is 62.3 Å². The van der Waals surface area contributed by atoms with E-state index in [1.165, 1.54) is 0 Å². The minimum Gasteiger partial charge on any atom is -0.550 e. The molecule has 0 heterocycles. The van der Waals surface area contributed by atoms with E-state index >= 15 is 0 Å². The number of carboxylic acid groups (broad SMARTS) is 9. The van der Waals surface area contributed by atoms with Crippen LogP contribution in [0, 0.1) is 0 Å². The van der Waals surface area contributed by atoms with Crippen molar-refractivity contribution in [3.63, 3.8) is 0 Å². The first-order chi connectivity index (χ1) is 15.6. The number of carbonyl (C=O) groups is 9. The van der Waals surface area contributed by atoms with Crippen LogP contribution in [0.2, 0.25) is 0 Å². The molecule has 19 heteroatoms. The Bertz CT molecular complexity index is 421. The molecule has 0 unspecified atom stereocenters. The third kappa shape index (κ3) is 2070. The van der Waals surface area contributed by atoms with E-state index in [1.807, 2.05) is 0 Å². The van der Waals surface area contributed by atoms with E-state index in [4.69, 9.17) is 89.1 Å². The Kier molecular flexibility index (Phi) is 101. The van der Waals surface area contributed by atoms with Crippen molar-refractivity contribution in [1.82, 2.24) is 0 Å². The molecule has 37 heavy (non-hydrogen) atoms. The third-order valence-electron chi connectivity index (χ3n) is 0. The minimum absolute atomic E-state index is 0. The molecular formula is C18H35NaO18. The molecule has 0 aliphatic heterocycles. The first-order valence-electron chi connectivity index (χ1n) is 8.33. The SMILES string of the molecule is CC(=O)O.CC(=O)O.CC(=O)O.CC(=O)O.CC(=O)O.CC(=O)O.CC(=O)O.CC(=O)O.CC(=O)[O-].[Na+]. The molecule has 0 atom stereocenters. The summed E-state index contributed by atoms with van der Waals surface area (Å²) in [7, 11) is 0. The van der Waals surface area contributed by atoms with Crippen LogP contribution in [-0.2, 0) is 43.2 Å². The topological polar surface area (TPSA) is 339 Å². The van der Waals surface area contributed by atoms with Gasteiger partial charge in [0.15, 0.2) is 0 Å². The Morgan fingerprint density at radius 2 is 0.324 bits per heavy atom. The van der Waals surface area contributed by atoms with Crippen LogP contribution in [0.1, 0.15) is 62.3 Å². The van der Waals surface area contributed by atoms with Gasteiger partial charge in [-0.1, -0.05) is 0 Å². The van der Waals surface area contributed by atoms with Gasteiger partial charge in [0.2, 0.25) is 0 Å². The van der Waals surface area contributed by atoms with Crippen LogP contribution >= 0.6 is 0 Å². The first-order valence-corrected chi connectivity index (χ1v) is 8.33. The van der Waals surface area contributed by atoms with Crippen LogP contribution in [0.3, 0.4) is 0 Å². The van der Waals surface area contributed by atoms with Crippen molar-refractivity contribution < 1.29 is 119 Å². The van der Waals surface area contributed by atoms with Crippen molar-refractivity contribution in [3.05, 3.63) is 0 Å². The largest absolute Gasteiger partial charge is 1.00 e. The number of rotatable bonds is 0. The summed E-state index contributed by atoms with van der Waals surface area (Å²) in [5, 5.41) is 68.2. The quantitative estimate of drug-likeness (QED) is 0.133. The van der Waals surface area contributed by atoms with Gasteiger partial charge in [-0.25, -0.2) is 0 Å². The average Bonchev–Trinajstić information content (AvgIpc) is 2.39. The van der Waals surface area contributed by atoms with Crippen molar-refractivity contribution >= 4 is 53.7 Å². The van der Waals surface area contributed by atoms with Crippen LogP contribution in [0.4, 0.5) is 0 Å². The molecule has 216 valence electrons. The molecule has 0 fully saturated rings. The maximum atomic E-state index is 9.00. The average molecular weight is 562 g/mol. The molecule has 0 aliphatic rings. The van der Waals surface area contributed by atoms with Crippen molar-refractivity contribution in [2.24, 2.45) is 0 Å². The van der Waals surface area contributed by atoms with Crippen LogP contribution in [-0.4, -0.2) is 94.6 Å². The van der Waals surface area contributed by atoms with Gasteiger partial charge in [0.05, 0.1) is 0 Å². The molecule has 0 saturated carbocycles.